The van der Waals surface area contributed by atoms with Crippen LogP contribution < -0.4 is 5.32 Å². The summed E-state index contributed by atoms with van der Waals surface area (Å²) < 4.78 is 0. The second kappa shape index (κ2) is 6.52. The van der Waals surface area contributed by atoms with Crippen molar-refractivity contribution < 1.29 is 0 Å². The molecule has 2 atom stereocenters. The number of aryl methyl sites for hydroxylation is 1. The van der Waals surface area contributed by atoms with Crippen LogP contribution in [0.15, 0.2) is 17.1 Å². The first kappa shape index (κ1) is 15.9. The highest BCUT2D eigenvalue weighted by molar-refractivity contribution is 8.14. The van der Waals surface area contributed by atoms with Gasteiger partial charge in [0.25, 0.3) is 0 Å². The maximum Gasteiger partial charge on any atom is 0.157 e. The first-order valence-electron chi connectivity index (χ1n) is 7.35. The van der Waals surface area contributed by atoms with Gasteiger partial charge in [-0.25, -0.2) is 0 Å². The van der Waals surface area contributed by atoms with Crippen molar-refractivity contribution in [3.8, 4) is 0 Å². The maximum absolute atomic E-state index is 4.66. The largest absolute Gasteiger partial charge is 0.362 e. The Kier molecular flexibility index (Phi) is 5.19. The van der Waals surface area contributed by atoms with Gasteiger partial charge < -0.3 is 5.32 Å². The highest BCUT2D eigenvalue weighted by atomic mass is 32.2. The number of aliphatic imine (C=N–C) groups is 1. The van der Waals surface area contributed by atoms with Crippen LogP contribution in [0.1, 0.15) is 43.9 Å². The maximum atomic E-state index is 4.66. The number of thioether (sulfide) groups is 1. The minimum absolute atomic E-state index is 0.392. The molecule has 0 radical (unpaired) electrons. The van der Waals surface area contributed by atoms with Gasteiger partial charge in [-0.05, 0) is 37.8 Å². The summed E-state index contributed by atoms with van der Waals surface area (Å²) in [5.74, 6) is 0. The van der Waals surface area contributed by atoms with E-state index < -0.39 is 0 Å². The van der Waals surface area contributed by atoms with Gasteiger partial charge in [0.2, 0.25) is 0 Å². The lowest BCUT2D eigenvalue weighted by molar-refractivity contribution is 0.375. The number of hydrogen-bond donors (Lipinski definition) is 1. The number of hydrogen-bond acceptors (Lipinski definition) is 4. The van der Waals surface area contributed by atoms with Crippen LogP contribution in [0.4, 0.5) is 0 Å². The molecule has 2 heterocycles. The van der Waals surface area contributed by atoms with Gasteiger partial charge in [0, 0.05) is 27.5 Å². The standard InChI is InChI=1S/C16H26N2S2/c1-11(8-13-7-6-12(2)19-13)18-15-17-10-14(20-15)9-16(3,4)5/h6-7,11,14H,8-10H2,1-5H3,(H,17,18). The average molecular weight is 311 g/mol. The van der Waals surface area contributed by atoms with Gasteiger partial charge in [0.15, 0.2) is 5.17 Å². The Balaban J connectivity index is 1.77. The zero-order chi connectivity index (χ0) is 14.8. The van der Waals surface area contributed by atoms with E-state index in [4.69, 9.17) is 0 Å². The van der Waals surface area contributed by atoms with Gasteiger partial charge in [-0.15, -0.1) is 11.3 Å². The molecule has 0 fully saturated rings. The highest BCUT2D eigenvalue weighted by Gasteiger charge is 2.25. The topological polar surface area (TPSA) is 24.4 Å². The molecule has 20 heavy (non-hydrogen) atoms. The van der Waals surface area contributed by atoms with Gasteiger partial charge in [-0.1, -0.05) is 32.5 Å². The Bertz CT molecular complexity index is 471. The molecule has 0 saturated carbocycles. The third-order valence-electron chi connectivity index (χ3n) is 3.23. The van der Waals surface area contributed by atoms with Crippen LogP contribution >= 0.6 is 23.1 Å². The van der Waals surface area contributed by atoms with Crippen molar-refractivity contribution in [2.45, 2.75) is 58.8 Å². The number of nitrogens with one attached hydrogen (secondary N) is 1. The van der Waals surface area contributed by atoms with E-state index in [1.807, 2.05) is 23.1 Å². The number of amidine groups is 1. The fourth-order valence-corrected chi connectivity index (χ4v) is 4.93. The summed E-state index contributed by atoms with van der Waals surface area (Å²) in [5.41, 5.74) is 0.392. The van der Waals surface area contributed by atoms with Gasteiger partial charge in [0.1, 0.15) is 0 Å². The van der Waals surface area contributed by atoms with Gasteiger partial charge in [-0.2, -0.15) is 0 Å². The smallest absolute Gasteiger partial charge is 0.157 e. The summed E-state index contributed by atoms with van der Waals surface area (Å²) in [5, 5.41) is 5.36. The molecular formula is C16H26N2S2. The van der Waals surface area contributed by atoms with Crippen LogP contribution in [-0.2, 0) is 6.42 Å². The molecule has 1 N–H and O–H groups in total. The fourth-order valence-electron chi connectivity index (χ4n) is 2.44. The monoisotopic (exact) mass is 310 g/mol. The van der Waals surface area contributed by atoms with Gasteiger partial charge in [0.05, 0.1) is 6.54 Å². The molecule has 0 bridgehead atoms. The summed E-state index contributed by atoms with van der Waals surface area (Å²) in [6.07, 6.45) is 2.31. The van der Waals surface area contributed by atoms with Gasteiger partial charge in [-0.3, -0.25) is 4.99 Å². The molecule has 0 saturated heterocycles. The molecule has 0 spiro atoms. The van der Waals surface area contributed by atoms with E-state index in [9.17, 15) is 0 Å². The molecule has 1 aliphatic heterocycles. The zero-order valence-corrected chi connectivity index (χ0v) is 14.8. The summed E-state index contributed by atoms with van der Waals surface area (Å²) in [4.78, 5) is 7.51. The zero-order valence-electron chi connectivity index (χ0n) is 13.2. The van der Waals surface area contributed by atoms with Crippen LogP contribution in [0.2, 0.25) is 0 Å². The Labute approximate surface area is 131 Å². The SMILES string of the molecule is Cc1ccc(CC(C)NC2=NCC(CC(C)(C)C)S2)s1. The fraction of sp³-hybridized carbons (Fsp3) is 0.688. The summed E-state index contributed by atoms with van der Waals surface area (Å²) >= 11 is 3.82. The minimum atomic E-state index is 0.392. The van der Waals surface area contributed by atoms with Crippen molar-refractivity contribution in [1.82, 2.24) is 5.32 Å². The van der Waals surface area contributed by atoms with E-state index in [0.29, 0.717) is 16.7 Å². The molecule has 2 rings (SSSR count). The van der Waals surface area contributed by atoms with Crippen molar-refractivity contribution in [2.75, 3.05) is 6.54 Å². The van der Waals surface area contributed by atoms with Crippen molar-refractivity contribution in [3.05, 3.63) is 21.9 Å². The lowest BCUT2D eigenvalue weighted by atomic mass is 9.90. The first-order valence-corrected chi connectivity index (χ1v) is 9.04. The van der Waals surface area contributed by atoms with E-state index >= 15 is 0 Å². The second-order valence-electron chi connectivity index (χ2n) is 6.91. The summed E-state index contributed by atoms with van der Waals surface area (Å²) in [7, 11) is 0. The number of thiophene rings is 1. The van der Waals surface area contributed by atoms with Crippen molar-refractivity contribution >= 4 is 28.3 Å². The molecule has 1 aromatic rings. The molecule has 4 heteroatoms. The normalized spacial score (nSPS) is 20.9. The van der Waals surface area contributed by atoms with E-state index in [0.717, 1.165) is 18.1 Å². The third kappa shape index (κ3) is 5.13. The first-order chi connectivity index (χ1) is 9.32. The van der Waals surface area contributed by atoms with Crippen molar-refractivity contribution in [3.63, 3.8) is 0 Å². The van der Waals surface area contributed by atoms with Crippen LogP contribution in [-0.4, -0.2) is 23.0 Å². The molecule has 2 nitrogen and oxygen atoms in total. The van der Waals surface area contributed by atoms with Crippen LogP contribution in [0, 0.1) is 12.3 Å². The van der Waals surface area contributed by atoms with E-state index in [2.05, 4.69) is 57.1 Å². The van der Waals surface area contributed by atoms with Crippen LogP contribution in [0.5, 0.6) is 0 Å². The average Bonchev–Trinajstić information content (AvgIpc) is 2.86. The quantitative estimate of drug-likeness (QED) is 0.886. The van der Waals surface area contributed by atoms with Crippen LogP contribution in [0.3, 0.4) is 0 Å². The molecule has 1 aliphatic rings. The third-order valence-corrected chi connectivity index (χ3v) is 5.37. The molecule has 0 aromatic carbocycles. The van der Waals surface area contributed by atoms with Crippen LogP contribution in [0.25, 0.3) is 0 Å². The molecule has 0 aliphatic carbocycles. The van der Waals surface area contributed by atoms with E-state index in [1.54, 1.807) is 0 Å². The van der Waals surface area contributed by atoms with Gasteiger partial charge >= 0.3 is 0 Å². The Morgan fingerprint density at radius 1 is 1.40 bits per heavy atom. The number of nitrogens with zero attached hydrogens (tertiary/aromatic N) is 1. The van der Waals surface area contributed by atoms with Crippen molar-refractivity contribution in [1.29, 1.82) is 0 Å². The summed E-state index contributed by atoms with van der Waals surface area (Å²) in [6.45, 7) is 12.3. The van der Waals surface area contributed by atoms with Crippen molar-refractivity contribution in [2.24, 2.45) is 10.4 Å². The van der Waals surface area contributed by atoms with E-state index in [1.165, 1.54) is 16.2 Å². The second-order valence-corrected chi connectivity index (χ2v) is 9.57. The molecule has 0 amide bonds. The molecule has 1 aromatic heterocycles. The lowest BCUT2D eigenvalue weighted by Gasteiger charge is -2.22. The van der Waals surface area contributed by atoms with E-state index in [-0.39, 0.29) is 0 Å². The molecule has 112 valence electrons. The summed E-state index contributed by atoms with van der Waals surface area (Å²) in [6, 6.07) is 4.89. The Morgan fingerprint density at radius 3 is 2.75 bits per heavy atom. The molecular weight excluding hydrogens is 284 g/mol. The predicted molar refractivity (Wildman–Crippen MR) is 93.1 cm³/mol. The Morgan fingerprint density at radius 2 is 2.15 bits per heavy atom. The minimum Gasteiger partial charge on any atom is -0.362 e. The predicted octanol–water partition coefficient (Wildman–Crippen LogP) is 4.48. The Hall–Kier alpha value is -0.480. The highest BCUT2D eigenvalue weighted by Crippen LogP contribution is 2.31. The lowest BCUT2D eigenvalue weighted by Crippen LogP contribution is -2.31. The number of rotatable bonds is 4. The molecule has 2 unspecified atom stereocenters.